The Morgan fingerprint density at radius 3 is 1.90 bits per heavy atom. The van der Waals surface area contributed by atoms with Crippen LogP contribution in [-0.2, 0) is 4.79 Å². The Balaban J connectivity index is 3.85. The van der Waals surface area contributed by atoms with Crippen molar-refractivity contribution in [3.8, 4) is 0 Å². The molecule has 0 aromatic heterocycles. The predicted octanol–water partition coefficient (Wildman–Crippen LogP) is 2.65. The zero-order valence-electron chi connectivity index (χ0n) is 7.69. The fourth-order valence-corrected chi connectivity index (χ4v) is 0.737. The van der Waals surface area contributed by atoms with Gasteiger partial charge in [0.1, 0.15) is 5.78 Å². The van der Waals surface area contributed by atoms with Crippen LogP contribution in [0, 0.1) is 11.3 Å². The monoisotopic (exact) mass is 142 g/mol. The van der Waals surface area contributed by atoms with E-state index in [1.54, 1.807) is 6.92 Å². The van der Waals surface area contributed by atoms with Crippen molar-refractivity contribution >= 4 is 5.78 Å². The lowest BCUT2D eigenvalue weighted by molar-refractivity contribution is -0.118. The molecule has 0 saturated carbocycles. The molecular formula is C9H18O. The van der Waals surface area contributed by atoms with Gasteiger partial charge in [-0.05, 0) is 18.3 Å². The predicted molar refractivity (Wildman–Crippen MR) is 43.9 cm³/mol. The highest BCUT2D eigenvalue weighted by molar-refractivity contribution is 5.75. The van der Waals surface area contributed by atoms with Gasteiger partial charge in [0.15, 0.2) is 0 Å². The van der Waals surface area contributed by atoms with Crippen LogP contribution in [0.2, 0.25) is 0 Å². The van der Waals surface area contributed by atoms with Crippen molar-refractivity contribution < 1.29 is 4.79 Å². The lowest BCUT2D eigenvalue weighted by Crippen LogP contribution is -2.19. The van der Waals surface area contributed by atoms with Gasteiger partial charge in [0.25, 0.3) is 0 Å². The Bertz CT molecular complexity index is 119. The second kappa shape index (κ2) is 3.18. The SMILES string of the molecule is CC(=O)CC(C)C(C)(C)C. The van der Waals surface area contributed by atoms with Crippen LogP contribution in [0.1, 0.15) is 41.0 Å². The molecule has 1 unspecified atom stereocenters. The molecule has 0 aromatic rings. The molecule has 10 heavy (non-hydrogen) atoms. The van der Waals surface area contributed by atoms with E-state index in [0.29, 0.717) is 18.1 Å². The molecule has 0 aromatic carbocycles. The van der Waals surface area contributed by atoms with Crippen molar-refractivity contribution in [2.45, 2.75) is 41.0 Å². The van der Waals surface area contributed by atoms with Crippen molar-refractivity contribution in [3.63, 3.8) is 0 Å². The molecule has 0 radical (unpaired) electrons. The third-order valence-corrected chi connectivity index (χ3v) is 2.07. The molecule has 0 bridgehead atoms. The van der Waals surface area contributed by atoms with Gasteiger partial charge >= 0.3 is 0 Å². The fourth-order valence-electron chi connectivity index (χ4n) is 0.737. The highest BCUT2D eigenvalue weighted by Crippen LogP contribution is 2.27. The Kier molecular flexibility index (Phi) is 3.07. The van der Waals surface area contributed by atoms with E-state index >= 15 is 0 Å². The normalized spacial score (nSPS) is 14.9. The second-order valence-electron chi connectivity index (χ2n) is 4.17. The minimum Gasteiger partial charge on any atom is -0.300 e. The Morgan fingerprint density at radius 1 is 1.40 bits per heavy atom. The Labute approximate surface area is 63.8 Å². The molecular weight excluding hydrogens is 124 g/mol. The first-order valence-corrected chi connectivity index (χ1v) is 3.83. The summed E-state index contributed by atoms with van der Waals surface area (Å²) in [6.07, 6.45) is 0.712. The van der Waals surface area contributed by atoms with Crippen LogP contribution in [0.3, 0.4) is 0 Å². The van der Waals surface area contributed by atoms with Gasteiger partial charge in [-0.25, -0.2) is 0 Å². The summed E-state index contributed by atoms with van der Waals surface area (Å²) in [4.78, 5) is 10.7. The summed E-state index contributed by atoms with van der Waals surface area (Å²) >= 11 is 0. The van der Waals surface area contributed by atoms with Crippen molar-refractivity contribution in [2.75, 3.05) is 0 Å². The number of rotatable bonds is 2. The summed E-state index contributed by atoms with van der Waals surface area (Å²) < 4.78 is 0. The van der Waals surface area contributed by atoms with Gasteiger partial charge in [-0.2, -0.15) is 0 Å². The van der Waals surface area contributed by atoms with Crippen molar-refractivity contribution in [1.82, 2.24) is 0 Å². The molecule has 1 atom stereocenters. The van der Waals surface area contributed by atoms with Crippen LogP contribution < -0.4 is 0 Å². The van der Waals surface area contributed by atoms with Crippen LogP contribution in [-0.4, -0.2) is 5.78 Å². The minimum atomic E-state index is 0.270. The summed E-state index contributed by atoms with van der Waals surface area (Å²) in [5.74, 6) is 0.785. The number of ketones is 1. The molecule has 0 aliphatic carbocycles. The van der Waals surface area contributed by atoms with Crippen molar-refractivity contribution in [1.29, 1.82) is 0 Å². The Hall–Kier alpha value is -0.330. The molecule has 60 valence electrons. The van der Waals surface area contributed by atoms with Crippen LogP contribution in [0.15, 0.2) is 0 Å². The molecule has 0 spiro atoms. The highest BCUT2D eigenvalue weighted by Gasteiger charge is 2.20. The highest BCUT2D eigenvalue weighted by atomic mass is 16.1. The molecule has 0 N–H and O–H groups in total. The molecule has 0 amide bonds. The average Bonchev–Trinajstić information content (AvgIpc) is 1.60. The third kappa shape index (κ3) is 3.65. The maximum Gasteiger partial charge on any atom is 0.130 e. The number of hydrogen-bond acceptors (Lipinski definition) is 1. The van der Waals surface area contributed by atoms with Gasteiger partial charge in [0.2, 0.25) is 0 Å². The van der Waals surface area contributed by atoms with Gasteiger partial charge in [-0.3, -0.25) is 0 Å². The first-order chi connectivity index (χ1) is 4.34. The van der Waals surface area contributed by atoms with Crippen LogP contribution in [0.4, 0.5) is 0 Å². The van der Waals surface area contributed by atoms with E-state index in [2.05, 4.69) is 27.7 Å². The first-order valence-electron chi connectivity index (χ1n) is 3.83. The van der Waals surface area contributed by atoms with Gasteiger partial charge in [0.05, 0.1) is 0 Å². The van der Waals surface area contributed by atoms with E-state index in [-0.39, 0.29) is 5.41 Å². The van der Waals surface area contributed by atoms with Crippen molar-refractivity contribution in [3.05, 3.63) is 0 Å². The molecule has 0 aliphatic rings. The summed E-state index contributed by atoms with van der Waals surface area (Å²) in [6.45, 7) is 10.3. The third-order valence-electron chi connectivity index (χ3n) is 2.07. The number of carbonyl (C=O) groups is 1. The van der Waals surface area contributed by atoms with Gasteiger partial charge in [-0.15, -0.1) is 0 Å². The van der Waals surface area contributed by atoms with E-state index in [0.717, 1.165) is 0 Å². The maximum absolute atomic E-state index is 10.7. The lowest BCUT2D eigenvalue weighted by atomic mass is 9.79. The lowest BCUT2D eigenvalue weighted by Gasteiger charge is -2.25. The first kappa shape index (κ1) is 9.67. The summed E-state index contributed by atoms with van der Waals surface area (Å²) in [6, 6.07) is 0. The van der Waals surface area contributed by atoms with Gasteiger partial charge in [0, 0.05) is 6.42 Å². The van der Waals surface area contributed by atoms with E-state index < -0.39 is 0 Å². The summed E-state index contributed by atoms with van der Waals surface area (Å²) in [5, 5.41) is 0. The number of Topliss-reactive ketones (excluding diaryl/α,β-unsaturated/α-hetero) is 1. The molecule has 0 rings (SSSR count). The zero-order chi connectivity index (χ0) is 8.36. The summed E-state index contributed by atoms with van der Waals surface area (Å²) in [7, 11) is 0. The van der Waals surface area contributed by atoms with Gasteiger partial charge < -0.3 is 4.79 Å². The standard InChI is InChI=1S/C9H18O/c1-7(6-8(2)10)9(3,4)5/h7H,6H2,1-5H3. The minimum absolute atomic E-state index is 0.270. The van der Waals surface area contributed by atoms with E-state index in [9.17, 15) is 4.79 Å². The molecule has 0 fully saturated rings. The molecule has 1 nitrogen and oxygen atoms in total. The second-order valence-corrected chi connectivity index (χ2v) is 4.17. The molecule has 0 aliphatic heterocycles. The Morgan fingerprint density at radius 2 is 1.80 bits per heavy atom. The van der Waals surface area contributed by atoms with Crippen LogP contribution >= 0.6 is 0 Å². The van der Waals surface area contributed by atoms with Crippen LogP contribution in [0.5, 0.6) is 0 Å². The fraction of sp³-hybridized carbons (Fsp3) is 0.889. The average molecular weight is 142 g/mol. The van der Waals surface area contributed by atoms with Crippen molar-refractivity contribution in [2.24, 2.45) is 11.3 Å². The van der Waals surface area contributed by atoms with E-state index in [1.165, 1.54) is 0 Å². The quantitative estimate of drug-likeness (QED) is 0.579. The van der Waals surface area contributed by atoms with E-state index in [4.69, 9.17) is 0 Å². The smallest absolute Gasteiger partial charge is 0.130 e. The maximum atomic E-state index is 10.7. The van der Waals surface area contributed by atoms with Gasteiger partial charge in [-0.1, -0.05) is 27.7 Å². The largest absolute Gasteiger partial charge is 0.300 e. The zero-order valence-corrected chi connectivity index (χ0v) is 7.69. The van der Waals surface area contributed by atoms with Crippen LogP contribution in [0.25, 0.3) is 0 Å². The van der Waals surface area contributed by atoms with E-state index in [1.807, 2.05) is 0 Å². The number of hydrogen-bond donors (Lipinski definition) is 0. The molecule has 1 heteroatoms. The summed E-state index contributed by atoms with van der Waals surface area (Å²) in [5.41, 5.74) is 0.270. The number of carbonyl (C=O) groups excluding carboxylic acids is 1. The topological polar surface area (TPSA) is 17.1 Å². The molecule has 0 heterocycles. The molecule has 0 saturated heterocycles.